The largest absolute Gasteiger partial charge is 0.336 e. The summed E-state index contributed by atoms with van der Waals surface area (Å²) >= 11 is 1.59. The van der Waals surface area contributed by atoms with Gasteiger partial charge >= 0.3 is 0 Å². The number of nitriles is 1. The van der Waals surface area contributed by atoms with Crippen LogP contribution in [0, 0.1) is 25.2 Å². The molecule has 1 amide bonds. The molecule has 0 saturated heterocycles. The van der Waals surface area contributed by atoms with E-state index in [2.05, 4.69) is 5.10 Å². The average molecular weight is 407 g/mol. The lowest BCUT2D eigenvalue weighted by Crippen LogP contribution is -2.39. The normalized spacial score (nSPS) is 10.5. The number of benzene rings is 1. The van der Waals surface area contributed by atoms with Gasteiger partial charge in [0.2, 0.25) is 5.91 Å². The molecule has 6 nitrogen and oxygen atoms in total. The molecule has 0 atom stereocenters. The molecular weight excluding hydrogens is 384 g/mol. The van der Waals surface area contributed by atoms with Crippen LogP contribution in [-0.2, 0) is 24.3 Å². The fourth-order valence-corrected chi connectivity index (χ4v) is 3.75. The van der Waals surface area contributed by atoms with Crippen molar-refractivity contribution in [2.45, 2.75) is 33.4 Å². The van der Waals surface area contributed by atoms with E-state index in [9.17, 15) is 14.9 Å². The third kappa shape index (κ3) is 4.98. The Morgan fingerprint density at radius 2 is 1.97 bits per heavy atom. The monoisotopic (exact) mass is 406 g/mol. The van der Waals surface area contributed by atoms with Crippen molar-refractivity contribution in [3.63, 3.8) is 0 Å². The van der Waals surface area contributed by atoms with Gasteiger partial charge in [0.05, 0.1) is 12.2 Å². The van der Waals surface area contributed by atoms with Gasteiger partial charge in [0.25, 0.3) is 5.56 Å². The lowest BCUT2D eigenvalue weighted by atomic mass is 10.1. The first-order valence-electron chi connectivity index (χ1n) is 9.32. The molecule has 0 N–H and O–H groups in total. The molecule has 3 aromatic rings. The van der Waals surface area contributed by atoms with E-state index in [1.165, 1.54) is 0 Å². The summed E-state index contributed by atoms with van der Waals surface area (Å²) < 4.78 is 1.10. The Hall–Kier alpha value is -3.24. The number of nitrogens with zero attached hydrogens (tertiary/aromatic N) is 4. The molecule has 7 heteroatoms. The summed E-state index contributed by atoms with van der Waals surface area (Å²) in [7, 11) is 0. The van der Waals surface area contributed by atoms with Gasteiger partial charge in [-0.05, 0) is 42.8 Å². The molecule has 0 aliphatic heterocycles. The van der Waals surface area contributed by atoms with E-state index in [4.69, 9.17) is 0 Å². The van der Waals surface area contributed by atoms with Crippen LogP contribution in [0.4, 0.5) is 0 Å². The standard InChI is InChI=1S/C22H22N4O2S/c1-16-17(2)24-26(22(28)20(16)13-23)15-21(27)25(14-19-9-6-12-29-19)11-10-18-7-4-3-5-8-18/h3-9,12H,10-11,14-15H2,1-2H3. The minimum absolute atomic E-state index is 0.0411. The minimum atomic E-state index is -0.525. The molecule has 0 unspecified atom stereocenters. The van der Waals surface area contributed by atoms with Gasteiger partial charge in [-0.1, -0.05) is 36.4 Å². The van der Waals surface area contributed by atoms with Crippen molar-refractivity contribution in [2.75, 3.05) is 6.54 Å². The van der Waals surface area contributed by atoms with Gasteiger partial charge in [-0.2, -0.15) is 10.4 Å². The van der Waals surface area contributed by atoms with Crippen LogP contribution in [0.25, 0.3) is 0 Å². The Bertz CT molecular complexity index is 1080. The highest BCUT2D eigenvalue weighted by Gasteiger charge is 2.19. The lowest BCUT2D eigenvalue weighted by molar-refractivity contribution is -0.132. The van der Waals surface area contributed by atoms with Crippen LogP contribution in [-0.4, -0.2) is 27.1 Å². The van der Waals surface area contributed by atoms with Crippen molar-refractivity contribution in [3.8, 4) is 6.07 Å². The van der Waals surface area contributed by atoms with E-state index in [-0.39, 0.29) is 18.0 Å². The van der Waals surface area contributed by atoms with Crippen LogP contribution < -0.4 is 5.56 Å². The molecule has 148 valence electrons. The first-order valence-corrected chi connectivity index (χ1v) is 10.2. The van der Waals surface area contributed by atoms with Gasteiger partial charge in [0.1, 0.15) is 18.2 Å². The molecule has 0 saturated carbocycles. The van der Waals surface area contributed by atoms with Gasteiger partial charge in [-0.25, -0.2) is 4.68 Å². The molecule has 0 bridgehead atoms. The zero-order valence-electron chi connectivity index (χ0n) is 16.5. The zero-order valence-corrected chi connectivity index (χ0v) is 17.3. The van der Waals surface area contributed by atoms with Gasteiger partial charge in [0.15, 0.2) is 0 Å². The lowest BCUT2D eigenvalue weighted by Gasteiger charge is -2.23. The summed E-state index contributed by atoms with van der Waals surface area (Å²) in [4.78, 5) is 28.4. The second kappa shape index (κ2) is 9.30. The molecule has 3 rings (SSSR count). The van der Waals surface area contributed by atoms with Crippen molar-refractivity contribution in [2.24, 2.45) is 0 Å². The zero-order chi connectivity index (χ0) is 20.8. The van der Waals surface area contributed by atoms with Crippen LogP contribution in [0.2, 0.25) is 0 Å². The first-order chi connectivity index (χ1) is 14.0. The van der Waals surface area contributed by atoms with E-state index < -0.39 is 5.56 Å². The molecule has 0 radical (unpaired) electrons. The molecule has 2 aromatic heterocycles. The van der Waals surface area contributed by atoms with E-state index in [1.54, 1.807) is 30.1 Å². The van der Waals surface area contributed by atoms with Crippen molar-refractivity contribution in [3.05, 3.63) is 85.5 Å². The fraction of sp³-hybridized carbons (Fsp3) is 0.273. The highest BCUT2D eigenvalue weighted by Crippen LogP contribution is 2.14. The molecule has 0 aliphatic carbocycles. The number of thiophene rings is 1. The first kappa shape index (κ1) is 20.5. The van der Waals surface area contributed by atoms with Crippen molar-refractivity contribution >= 4 is 17.2 Å². The van der Waals surface area contributed by atoms with Gasteiger partial charge < -0.3 is 4.90 Å². The third-order valence-corrected chi connectivity index (χ3v) is 5.69. The average Bonchev–Trinajstić information content (AvgIpc) is 3.23. The van der Waals surface area contributed by atoms with Gasteiger partial charge in [-0.3, -0.25) is 9.59 Å². The maximum absolute atomic E-state index is 13.1. The number of rotatable bonds is 7. The molecule has 2 heterocycles. The second-order valence-corrected chi connectivity index (χ2v) is 7.82. The van der Waals surface area contributed by atoms with Crippen LogP contribution in [0.15, 0.2) is 52.6 Å². The molecule has 0 spiro atoms. The molecule has 0 aliphatic rings. The quantitative estimate of drug-likeness (QED) is 0.604. The number of hydrogen-bond donors (Lipinski definition) is 0. The summed E-state index contributed by atoms with van der Waals surface area (Å²) in [6, 6.07) is 15.8. The topological polar surface area (TPSA) is 79.0 Å². The maximum Gasteiger partial charge on any atom is 0.285 e. The summed E-state index contributed by atoms with van der Waals surface area (Å²) in [6.07, 6.45) is 0.719. The molecule has 29 heavy (non-hydrogen) atoms. The predicted octanol–water partition coefficient (Wildman–Crippen LogP) is 3.06. The van der Waals surface area contributed by atoms with Gasteiger partial charge in [-0.15, -0.1) is 11.3 Å². The summed E-state index contributed by atoms with van der Waals surface area (Å²) in [5, 5.41) is 15.5. The van der Waals surface area contributed by atoms with E-state index in [0.29, 0.717) is 24.3 Å². The summed E-state index contributed by atoms with van der Waals surface area (Å²) in [6.45, 7) is 4.25. The third-order valence-electron chi connectivity index (χ3n) is 4.83. The molecule has 0 fully saturated rings. The number of carbonyl (C=O) groups excluding carboxylic acids is 1. The van der Waals surface area contributed by atoms with Crippen molar-refractivity contribution in [1.29, 1.82) is 5.26 Å². The predicted molar refractivity (Wildman–Crippen MR) is 113 cm³/mol. The van der Waals surface area contributed by atoms with Crippen molar-refractivity contribution < 1.29 is 4.79 Å². The Kier molecular flexibility index (Phi) is 6.57. The van der Waals surface area contributed by atoms with E-state index in [0.717, 1.165) is 21.5 Å². The van der Waals surface area contributed by atoms with Crippen LogP contribution in [0.5, 0.6) is 0 Å². The highest BCUT2D eigenvalue weighted by atomic mass is 32.1. The van der Waals surface area contributed by atoms with E-state index in [1.807, 2.05) is 53.9 Å². The summed E-state index contributed by atoms with van der Waals surface area (Å²) in [5.74, 6) is -0.198. The minimum Gasteiger partial charge on any atom is -0.336 e. The Labute approximate surface area is 173 Å². The number of carbonyl (C=O) groups is 1. The molecular formula is C22H22N4O2S. The second-order valence-electron chi connectivity index (χ2n) is 6.79. The Morgan fingerprint density at radius 3 is 2.62 bits per heavy atom. The van der Waals surface area contributed by atoms with Crippen LogP contribution in [0.1, 0.15) is 27.3 Å². The SMILES string of the molecule is Cc1nn(CC(=O)N(CCc2ccccc2)Cc2cccs2)c(=O)c(C#N)c1C. The van der Waals surface area contributed by atoms with Crippen LogP contribution >= 0.6 is 11.3 Å². The smallest absolute Gasteiger partial charge is 0.285 e. The maximum atomic E-state index is 13.1. The fourth-order valence-electron chi connectivity index (χ4n) is 3.03. The number of aryl methyl sites for hydroxylation is 1. The van der Waals surface area contributed by atoms with Crippen LogP contribution in [0.3, 0.4) is 0 Å². The number of hydrogen-bond acceptors (Lipinski definition) is 5. The highest BCUT2D eigenvalue weighted by molar-refractivity contribution is 7.09. The summed E-state index contributed by atoms with van der Waals surface area (Å²) in [5.41, 5.74) is 1.79. The van der Waals surface area contributed by atoms with Crippen molar-refractivity contribution in [1.82, 2.24) is 14.7 Å². The molecule has 1 aromatic carbocycles. The Morgan fingerprint density at radius 1 is 1.21 bits per heavy atom. The van der Waals surface area contributed by atoms with E-state index >= 15 is 0 Å². The Balaban J connectivity index is 1.82. The number of amides is 1. The van der Waals surface area contributed by atoms with Gasteiger partial charge in [0, 0.05) is 11.4 Å². The number of aromatic nitrogens is 2.